The molecule has 7 heteroatoms. The van der Waals surface area contributed by atoms with E-state index in [1.807, 2.05) is 20.8 Å². The molecule has 1 aliphatic carbocycles. The summed E-state index contributed by atoms with van der Waals surface area (Å²) >= 11 is 0. The Morgan fingerprint density at radius 3 is 2.59 bits per heavy atom. The van der Waals surface area contributed by atoms with E-state index in [2.05, 4.69) is 5.32 Å². The van der Waals surface area contributed by atoms with Gasteiger partial charge in [-0.05, 0) is 25.2 Å². The summed E-state index contributed by atoms with van der Waals surface area (Å²) in [6.45, 7) is 7.83. The second-order valence-electron chi connectivity index (χ2n) is 8.17. The number of nitrogens with one attached hydrogen (secondary N) is 1. The lowest BCUT2D eigenvalue weighted by molar-refractivity contribution is -0.385. The van der Waals surface area contributed by atoms with Gasteiger partial charge in [-0.2, -0.15) is 0 Å². The van der Waals surface area contributed by atoms with Crippen LogP contribution in [0.3, 0.4) is 0 Å². The van der Waals surface area contributed by atoms with Crippen molar-refractivity contribution in [3.8, 4) is 0 Å². The number of allylic oxidation sites excluding steroid dienone is 3. The van der Waals surface area contributed by atoms with E-state index < -0.39 is 16.8 Å². The quantitative estimate of drug-likeness (QED) is 0.454. The maximum atomic E-state index is 13.2. The minimum atomic E-state index is -0.814. The third kappa shape index (κ3) is 3.81. The smallest absolute Gasteiger partial charge is 0.336 e. The number of hydrogen-bond donors (Lipinski definition) is 1. The van der Waals surface area contributed by atoms with E-state index >= 15 is 0 Å². The van der Waals surface area contributed by atoms with Crippen LogP contribution in [0.15, 0.2) is 46.8 Å². The van der Waals surface area contributed by atoms with E-state index in [1.54, 1.807) is 25.1 Å². The number of ketones is 1. The molecule has 3 rings (SSSR count). The average molecular weight is 398 g/mol. The van der Waals surface area contributed by atoms with Crippen LogP contribution in [0, 0.1) is 15.5 Å². The lowest BCUT2D eigenvalue weighted by atomic mass is 9.68. The molecule has 29 heavy (non-hydrogen) atoms. The molecule has 0 saturated heterocycles. The van der Waals surface area contributed by atoms with Gasteiger partial charge in [0.2, 0.25) is 0 Å². The molecule has 0 aromatic heterocycles. The van der Waals surface area contributed by atoms with E-state index in [-0.39, 0.29) is 29.1 Å². The van der Waals surface area contributed by atoms with Crippen LogP contribution in [0.5, 0.6) is 0 Å². The first-order chi connectivity index (χ1) is 13.7. The Hall–Kier alpha value is -2.96. The Kier molecular flexibility index (Phi) is 5.59. The largest absolute Gasteiger partial charge is 0.463 e. The Labute approximate surface area is 170 Å². The van der Waals surface area contributed by atoms with Crippen LogP contribution in [0.2, 0.25) is 0 Å². The zero-order valence-electron chi connectivity index (χ0n) is 17.2. The number of benzene rings is 1. The molecule has 0 unspecified atom stereocenters. The van der Waals surface area contributed by atoms with Crippen molar-refractivity contribution < 1.29 is 19.2 Å². The molecule has 1 heterocycles. The normalized spacial score (nSPS) is 20.8. The molecular formula is C22H26N2O5. The molecule has 0 saturated carbocycles. The Balaban J connectivity index is 2.29. The van der Waals surface area contributed by atoms with Crippen molar-refractivity contribution in [3.63, 3.8) is 0 Å². The molecule has 1 atom stereocenters. The molecular weight excluding hydrogens is 372 g/mol. The highest BCUT2D eigenvalue weighted by Gasteiger charge is 2.45. The van der Waals surface area contributed by atoms with Gasteiger partial charge >= 0.3 is 5.97 Å². The van der Waals surface area contributed by atoms with Crippen molar-refractivity contribution >= 4 is 17.4 Å². The van der Waals surface area contributed by atoms with E-state index in [4.69, 9.17) is 4.74 Å². The second kappa shape index (κ2) is 7.81. The average Bonchev–Trinajstić information content (AvgIpc) is 2.65. The van der Waals surface area contributed by atoms with Crippen LogP contribution in [0.4, 0.5) is 5.69 Å². The number of ether oxygens (including phenoxy) is 1. The number of rotatable bonds is 5. The van der Waals surface area contributed by atoms with Crippen molar-refractivity contribution in [2.45, 2.75) is 52.9 Å². The van der Waals surface area contributed by atoms with E-state index in [9.17, 15) is 19.7 Å². The first-order valence-electron chi connectivity index (χ1n) is 9.87. The number of hydrogen-bond acceptors (Lipinski definition) is 6. The molecule has 0 bridgehead atoms. The molecule has 1 aliphatic heterocycles. The molecule has 2 aliphatic rings. The second-order valence-corrected chi connectivity index (χ2v) is 8.17. The van der Waals surface area contributed by atoms with Gasteiger partial charge in [-0.3, -0.25) is 14.9 Å². The molecule has 0 spiro atoms. The number of Topliss-reactive ketones (excluding diaryl/α,β-unsaturated/α-hetero) is 1. The highest BCUT2D eigenvalue weighted by Crippen LogP contribution is 2.48. The van der Waals surface area contributed by atoms with Crippen molar-refractivity contribution in [1.29, 1.82) is 0 Å². The fraction of sp³-hybridized carbons (Fsp3) is 0.455. The zero-order chi connectivity index (χ0) is 21.3. The Bertz CT molecular complexity index is 942. The van der Waals surface area contributed by atoms with Crippen LogP contribution in [0.1, 0.15) is 58.4 Å². The first-order valence-corrected chi connectivity index (χ1v) is 9.87. The number of nitrogens with zero attached hydrogens (tertiary/aromatic N) is 1. The van der Waals surface area contributed by atoms with Crippen molar-refractivity contribution in [1.82, 2.24) is 5.32 Å². The van der Waals surface area contributed by atoms with Gasteiger partial charge in [0, 0.05) is 35.0 Å². The summed E-state index contributed by atoms with van der Waals surface area (Å²) in [5.74, 6) is -1.46. The molecule has 1 N–H and O–H groups in total. The number of nitro groups is 1. The first kappa shape index (κ1) is 20.8. The molecule has 154 valence electrons. The number of esters is 1. The minimum absolute atomic E-state index is 0.0937. The van der Waals surface area contributed by atoms with Crippen LogP contribution in [-0.4, -0.2) is 23.3 Å². The van der Waals surface area contributed by atoms with Crippen LogP contribution in [0.25, 0.3) is 0 Å². The summed E-state index contributed by atoms with van der Waals surface area (Å²) in [6.07, 6.45) is 1.46. The molecule has 0 fully saturated rings. The highest BCUT2D eigenvalue weighted by molar-refractivity contribution is 6.04. The Morgan fingerprint density at radius 2 is 1.97 bits per heavy atom. The summed E-state index contributed by atoms with van der Waals surface area (Å²) < 4.78 is 5.28. The van der Waals surface area contributed by atoms with Crippen LogP contribution < -0.4 is 5.32 Å². The summed E-state index contributed by atoms with van der Waals surface area (Å²) in [6, 6.07) is 6.30. The molecule has 1 aromatic carbocycles. The number of dihydropyridines is 1. The number of para-hydroxylation sites is 1. The summed E-state index contributed by atoms with van der Waals surface area (Å²) in [5, 5.41) is 15.0. The lowest BCUT2D eigenvalue weighted by Crippen LogP contribution is -2.39. The maximum Gasteiger partial charge on any atom is 0.336 e. The van der Waals surface area contributed by atoms with Crippen molar-refractivity contribution in [2.24, 2.45) is 5.41 Å². The lowest BCUT2D eigenvalue weighted by Gasteiger charge is -2.39. The predicted octanol–water partition coefficient (Wildman–Crippen LogP) is 4.15. The van der Waals surface area contributed by atoms with Gasteiger partial charge in [0.1, 0.15) is 0 Å². The van der Waals surface area contributed by atoms with Gasteiger partial charge in [-0.25, -0.2) is 4.79 Å². The number of carbonyl (C=O) groups excluding carboxylic acids is 2. The zero-order valence-corrected chi connectivity index (χ0v) is 17.2. The summed E-state index contributed by atoms with van der Waals surface area (Å²) in [5.41, 5.74) is 2.13. The Morgan fingerprint density at radius 1 is 1.28 bits per heavy atom. The fourth-order valence-electron chi connectivity index (χ4n) is 4.29. The van der Waals surface area contributed by atoms with Gasteiger partial charge in [-0.1, -0.05) is 39.0 Å². The van der Waals surface area contributed by atoms with Gasteiger partial charge < -0.3 is 10.1 Å². The SMILES string of the molecule is CCOC(=O)C1=C(CC)NC2=C(C(=O)CC(C)(C)C2)[C@H]1c1ccccc1[N+](=O)[O-]. The topological polar surface area (TPSA) is 98.5 Å². The number of carbonyl (C=O) groups is 2. The summed E-state index contributed by atoms with van der Waals surface area (Å²) in [7, 11) is 0. The van der Waals surface area contributed by atoms with Crippen molar-refractivity contribution in [2.75, 3.05) is 6.61 Å². The van der Waals surface area contributed by atoms with Crippen LogP contribution in [-0.2, 0) is 14.3 Å². The third-order valence-electron chi connectivity index (χ3n) is 5.42. The van der Waals surface area contributed by atoms with Crippen molar-refractivity contribution in [3.05, 3.63) is 62.5 Å². The van der Waals surface area contributed by atoms with Gasteiger partial charge in [0.25, 0.3) is 5.69 Å². The maximum absolute atomic E-state index is 13.2. The molecule has 0 amide bonds. The summed E-state index contributed by atoms with van der Waals surface area (Å²) in [4.78, 5) is 37.4. The monoisotopic (exact) mass is 398 g/mol. The van der Waals surface area contributed by atoms with Gasteiger partial charge in [0.15, 0.2) is 5.78 Å². The van der Waals surface area contributed by atoms with Gasteiger partial charge in [-0.15, -0.1) is 0 Å². The van der Waals surface area contributed by atoms with E-state index in [0.29, 0.717) is 36.1 Å². The van der Waals surface area contributed by atoms with Crippen LogP contribution >= 0.6 is 0 Å². The minimum Gasteiger partial charge on any atom is -0.463 e. The third-order valence-corrected chi connectivity index (χ3v) is 5.42. The van der Waals surface area contributed by atoms with E-state index in [1.165, 1.54) is 6.07 Å². The molecule has 0 radical (unpaired) electrons. The fourth-order valence-corrected chi connectivity index (χ4v) is 4.29. The molecule has 7 nitrogen and oxygen atoms in total. The predicted molar refractivity (Wildman–Crippen MR) is 108 cm³/mol. The number of nitro benzene ring substituents is 1. The highest BCUT2D eigenvalue weighted by atomic mass is 16.6. The van der Waals surface area contributed by atoms with Gasteiger partial charge in [0.05, 0.1) is 23.0 Å². The molecule has 1 aromatic rings. The van der Waals surface area contributed by atoms with E-state index in [0.717, 1.165) is 5.70 Å². The standard InChI is InChI=1S/C22H26N2O5/c1-5-14-20(21(26)29-6-2)18(13-9-7-8-10-16(13)24(27)28)19-15(23-14)11-22(3,4)12-17(19)25/h7-10,18,23H,5-6,11-12H2,1-4H3/t18-/m1/s1.